The van der Waals surface area contributed by atoms with Gasteiger partial charge in [0.25, 0.3) is 10.0 Å². The standard InChI is InChI=1S/C14H13Cl.C3H4N2O2S/c1-10-8-13(14(15)9-11(10)2)12-6-4-3-5-7-12;6-8(7)3-1-2-4-5-8/h3-9H,1-2H3;1-3,5H. The van der Waals surface area contributed by atoms with Crippen LogP contribution in [0, 0.1) is 13.8 Å². The van der Waals surface area contributed by atoms with E-state index in [1.165, 1.54) is 29.0 Å². The van der Waals surface area contributed by atoms with Gasteiger partial charge in [-0.1, -0.05) is 41.9 Å². The lowest BCUT2D eigenvalue weighted by atomic mass is 10.0. The molecule has 3 rings (SSSR count). The molecule has 23 heavy (non-hydrogen) atoms. The topological polar surface area (TPSA) is 58.5 Å². The van der Waals surface area contributed by atoms with Crippen LogP contribution in [0.1, 0.15) is 11.1 Å². The SMILES string of the molecule is Cc1cc(Cl)c(-c2ccccc2)cc1C.O=S1(=O)C=CC=NN1. The van der Waals surface area contributed by atoms with Crippen molar-refractivity contribution < 1.29 is 8.42 Å². The predicted molar refractivity (Wildman–Crippen MR) is 96.0 cm³/mol. The lowest BCUT2D eigenvalue weighted by Crippen LogP contribution is -2.16. The maximum absolute atomic E-state index is 10.3. The van der Waals surface area contributed by atoms with Crippen molar-refractivity contribution >= 4 is 27.8 Å². The first-order valence-electron chi connectivity index (χ1n) is 6.93. The van der Waals surface area contributed by atoms with Crippen LogP contribution in [0.4, 0.5) is 0 Å². The Morgan fingerprint density at radius 1 is 1.04 bits per heavy atom. The minimum atomic E-state index is -3.21. The number of aryl methyl sites for hydroxylation is 2. The van der Waals surface area contributed by atoms with E-state index in [0.717, 1.165) is 16.0 Å². The van der Waals surface area contributed by atoms with Crippen LogP contribution in [0.3, 0.4) is 0 Å². The Kier molecular flexibility index (Phi) is 5.58. The van der Waals surface area contributed by atoms with E-state index < -0.39 is 10.0 Å². The van der Waals surface area contributed by atoms with Gasteiger partial charge in [-0.05, 0) is 48.7 Å². The van der Waals surface area contributed by atoms with Crippen LogP contribution in [-0.2, 0) is 10.0 Å². The molecule has 1 aliphatic heterocycles. The zero-order chi connectivity index (χ0) is 16.9. The number of hydrogen-bond donors (Lipinski definition) is 1. The number of nitrogens with one attached hydrogen (secondary N) is 1. The zero-order valence-corrected chi connectivity index (χ0v) is 14.4. The maximum atomic E-state index is 10.3. The van der Waals surface area contributed by atoms with Gasteiger partial charge in [-0.15, -0.1) is 0 Å². The molecule has 2 aromatic carbocycles. The summed E-state index contributed by atoms with van der Waals surface area (Å²) < 4.78 is 20.7. The summed E-state index contributed by atoms with van der Waals surface area (Å²) in [6.07, 6.45) is 2.72. The summed E-state index contributed by atoms with van der Waals surface area (Å²) in [4.78, 5) is 1.91. The molecule has 120 valence electrons. The molecule has 0 aromatic heterocycles. The number of hydrazone groups is 1. The number of allylic oxidation sites excluding steroid dienone is 1. The fourth-order valence-corrected chi connectivity index (χ4v) is 2.81. The Hall–Kier alpha value is -2.11. The van der Waals surface area contributed by atoms with E-state index in [1.54, 1.807) is 0 Å². The molecule has 0 unspecified atom stereocenters. The molecule has 6 heteroatoms. The highest BCUT2D eigenvalue weighted by atomic mass is 35.5. The van der Waals surface area contributed by atoms with E-state index >= 15 is 0 Å². The van der Waals surface area contributed by atoms with Gasteiger partial charge in [0.15, 0.2) is 0 Å². The van der Waals surface area contributed by atoms with Gasteiger partial charge < -0.3 is 0 Å². The average molecular weight is 349 g/mol. The summed E-state index contributed by atoms with van der Waals surface area (Å²) in [5.41, 5.74) is 4.80. The van der Waals surface area contributed by atoms with Crippen LogP contribution in [0.25, 0.3) is 11.1 Å². The van der Waals surface area contributed by atoms with Crippen molar-refractivity contribution in [2.75, 3.05) is 0 Å². The van der Waals surface area contributed by atoms with Gasteiger partial charge >= 0.3 is 0 Å². The Morgan fingerprint density at radius 3 is 2.22 bits per heavy atom. The first kappa shape index (κ1) is 17.2. The van der Waals surface area contributed by atoms with Crippen molar-refractivity contribution in [1.29, 1.82) is 0 Å². The van der Waals surface area contributed by atoms with Gasteiger partial charge in [-0.2, -0.15) is 5.10 Å². The van der Waals surface area contributed by atoms with Gasteiger partial charge in [0, 0.05) is 16.8 Å². The predicted octanol–water partition coefficient (Wildman–Crippen LogP) is 4.04. The maximum Gasteiger partial charge on any atom is 0.269 e. The van der Waals surface area contributed by atoms with Crippen LogP contribution in [0.2, 0.25) is 5.02 Å². The highest BCUT2D eigenvalue weighted by Gasteiger charge is 2.05. The van der Waals surface area contributed by atoms with Gasteiger partial charge in [0.05, 0.1) is 5.41 Å². The van der Waals surface area contributed by atoms with E-state index in [-0.39, 0.29) is 0 Å². The molecule has 0 saturated carbocycles. The molecule has 1 aliphatic rings. The first-order valence-corrected chi connectivity index (χ1v) is 8.85. The van der Waals surface area contributed by atoms with Crippen molar-refractivity contribution in [3.63, 3.8) is 0 Å². The van der Waals surface area contributed by atoms with Crippen LogP contribution >= 0.6 is 11.6 Å². The molecule has 0 atom stereocenters. The van der Waals surface area contributed by atoms with E-state index in [9.17, 15) is 8.42 Å². The molecule has 0 saturated heterocycles. The zero-order valence-electron chi connectivity index (χ0n) is 12.8. The molecule has 0 spiro atoms. The van der Waals surface area contributed by atoms with Crippen molar-refractivity contribution in [3.8, 4) is 11.1 Å². The lowest BCUT2D eigenvalue weighted by molar-refractivity contribution is 0.593. The molecule has 0 bridgehead atoms. The fourth-order valence-electron chi connectivity index (χ4n) is 1.94. The molecular formula is C17H17ClN2O2S. The van der Waals surface area contributed by atoms with E-state index in [1.807, 2.05) is 29.1 Å². The molecule has 0 fully saturated rings. The largest absolute Gasteiger partial charge is 0.269 e. The molecule has 0 aliphatic carbocycles. The van der Waals surface area contributed by atoms with Crippen LogP contribution in [0.15, 0.2) is 59.1 Å². The Bertz CT molecular complexity index is 844. The number of halogens is 1. The molecule has 1 heterocycles. The summed E-state index contributed by atoms with van der Waals surface area (Å²) in [6.45, 7) is 4.19. The third-order valence-corrected chi connectivity index (χ3v) is 4.45. The smallest absolute Gasteiger partial charge is 0.201 e. The Morgan fingerprint density at radius 2 is 1.70 bits per heavy atom. The monoisotopic (exact) mass is 348 g/mol. The van der Waals surface area contributed by atoms with Crippen LogP contribution in [0.5, 0.6) is 0 Å². The summed E-state index contributed by atoms with van der Waals surface area (Å²) in [6, 6.07) is 14.4. The summed E-state index contributed by atoms with van der Waals surface area (Å²) in [5.74, 6) is 0. The number of sulfonamides is 1. The number of rotatable bonds is 1. The van der Waals surface area contributed by atoms with E-state index in [2.05, 4.69) is 37.1 Å². The third kappa shape index (κ3) is 4.94. The minimum Gasteiger partial charge on any atom is -0.201 e. The minimum absolute atomic E-state index is 0.823. The number of benzene rings is 2. The second-order valence-electron chi connectivity index (χ2n) is 5.03. The van der Waals surface area contributed by atoms with Crippen LogP contribution in [-0.4, -0.2) is 14.6 Å². The Balaban J connectivity index is 0.000000203. The molecule has 0 amide bonds. The molecule has 4 nitrogen and oxygen atoms in total. The molecule has 2 aromatic rings. The summed E-state index contributed by atoms with van der Waals surface area (Å²) >= 11 is 6.24. The second kappa shape index (κ2) is 7.44. The van der Waals surface area contributed by atoms with Gasteiger partial charge in [-0.25, -0.2) is 13.2 Å². The molecule has 1 N–H and O–H groups in total. The van der Waals surface area contributed by atoms with Crippen molar-refractivity contribution in [3.05, 3.63) is 70.1 Å². The average Bonchev–Trinajstić information content (AvgIpc) is 2.52. The highest BCUT2D eigenvalue weighted by Crippen LogP contribution is 2.30. The fraction of sp³-hybridized carbons (Fsp3) is 0.118. The molecular weight excluding hydrogens is 332 g/mol. The number of nitrogens with zero attached hydrogens (tertiary/aromatic N) is 1. The van der Waals surface area contributed by atoms with Crippen molar-refractivity contribution in [2.45, 2.75) is 13.8 Å². The Labute approximate surface area is 141 Å². The highest BCUT2D eigenvalue weighted by molar-refractivity contribution is 7.92. The first-order chi connectivity index (χ1) is 10.9. The second-order valence-corrected chi connectivity index (χ2v) is 6.98. The summed E-state index contributed by atoms with van der Waals surface area (Å²) in [5, 5.41) is 5.15. The van der Waals surface area contributed by atoms with E-state index in [4.69, 9.17) is 11.6 Å². The normalized spacial score (nSPS) is 14.6. The van der Waals surface area contributed by atoms with Crippen molar-refractivity contribution in [2.24, 2.45) is 5.10 Å². The third-order valence-electron chi connectivity index (χ3n) is 3.27. The van der Waals surface area contributed by atoms with Gasteiger partial charge in [-0.3, -0.25) is 0 Å². The lowest BCUT2D eigenvalue weighted by Gasteiger charge is -2.08. The summed E-state index contributed by atoms with van der Waals surface area (Å²) in [7, 11) is -3.21. The number of hydrogen-bond acceptors (Lipinski definition) is 3. The van der Waals surface area contributed by atoms with Crippen LogP contribution < -0.4 is 4.83 Å². The van der Waals surface area contributed by atoms with Gasteiger partial charge in [0.2, 0.25) is 0 Å². The van der Waals surface area contributed by atoms with Gasteiger partial charge in [0.1, 0.15) is 0 Å². The quantitative estimate of drug-likeness (QED) is 0.845. The van der Waals surface area contributed by atoms with E-state index in [0.29, 0.717) is 0 Å². The van der Waals surface area contributed by atoms with Crippen molar-refractivity contribution in [1.82, 2.24) is 4.83 Å². The molecule has 0 radical (unpaired) electrons.